The SMILES string of the molecule is Cc1nn(C)c(Cl)c1COc1cc(N(C)C)ccc1N. The largest absolute Gasteiger partial charge is 0.486 e. The van der Waals surface area contributed by atoms with Crippen LogP contribution in [-0.2, 0) is 13.7 Å². The molecule has 0 fully saturated rings. The molecule has 2 aromatic rings. The van der Waals surface area contributed by atoms with Crippen molar-refractivity contribution < 1.29 is 4.74 Å². The van der Waals surface area contributed by atoms with Crippen LogP contribution in [0, 0.1) is 6.92 Å². The lowest BCUT2D eigenvalue weighted by molar-refractivity contribution is 0.307. The zero-order chi connectivity index (χ0) is 14.9. The first kappa shape index (κ1) is 14.5. The minimum Gasteiger partial charge on any atom is -0.486 e. The fraction of sp³-hybridized carbons (Fsp3) is 0.357. The van der Waals surface area contributed by atoms with Gasteiger partial charge in [0.05, 0.1) is 11.4 Å². The molecule has 0 aliphatic carbocycles. The quantitative estimate of drug-likeness (QED) is 0.881. The number of hydrogen-bond donors (Lipinski definition) is 1. The van der Waals surface area contributed by atoms with Gasteiger partial charge in [-0.2, -0.15) is 5.10 Å². The van der Waals surface area contributed by atoms with Crippen molar-refractivity contribution in [1.82, 2.24) is 9.78 Å². The number of nitrogens with two attached hydrogens (primary N) is 1. The van der Waals surface area contributed by atoms with Gasteiger partial charge < -0.3 is 15.4 Å². The number of hydrogen-bond acceptors (Lipinski definition) is 4. The highest BCUT2D eigenvalue weighted by Crippen LogP contribution is 2.29. The molecule has 2 N–H and O–H groups in total. The van der Waals surface area contributed by atoms with Gasteiger partial charge >= 0.3 is 0 Å². The van der Waals surface area contributed by atoms with E-state index >= 15 is 0 Å². The Morgan fingerprint density at radius 3 is 2.65 bits per heavy atom. The van der Waals surface area contributed by atoms with Crippen LogP contribution >= 0.6 is 11.6 Å². The fourth-order valence-corrected chi connectivity index (χ4v) is 2.14. The summed E-state index contributed by atoms with van der Waals surface area (Å²) in [5.41, 5.74) is 9.31. The lowest BCUT2D eigenvalue weighted by Crippen LogP contribution is -2.09. The lowest BCUT2D eigenvalue weighted by atomic mass is 10.2. The average molecular weight is 295 g/mol. The summed E-state index contributed by atoms with van der Waals surface area (Å²) in [7, 11) is 5.74. The van der Waals surface area contributed by atoms with Crippen molar-refractivity contribution in [2.75, 3.05) is 24.7 Å². The number of aromatic nitrogens is 2. The highest BCUT2D eigenvalue weighted by Gasteiger charge is 2.13. The van der Waals surface area contributed by atoms with Crippen molar-refractivity contribution in [2.24, 2.45) is 7.05 Å². The van der Waals surface area contributed by atoms with Crippen molar-refractivity contribution in [1.29, 1.82) is 0 Å². The van der Waals surface area contributed by atoms with E-state index < -0.39 is 0 Å². The maximum atomic E-state index is 6.18. The maximum Gasteiger partial charge on any atom is 0.144 e. The van der Waals surface area contributed by atoms with Crippen LogP contribution in [0.2, 0.25) is 5.15 Å². The number of rotatable bonds is 4. The van der Waals surface area contributed by atoms with Crippen molar-refractivity contribution in [3.05, 3.63) is 34.6 Å². The monoisotopic (exact) mass is 294 g/mol. The number of ether oxygens (including phenoxy) is 1. The molecule has 1 aromatic carbocycles. The summed E-state index contributed by atoms with van der Waals surface area (Å²) in [6.45, 7) is 2.25. The first-order valence-electron chi connectivity index (χ1n) is 6.27. The summed E-state index contributed by atoms with van der Waals surface area (Å²) in [6.07, 6.45) is 0. The topological polar surface area (TPSA) is 56.3 Å². The van der Waals surface area contributed by atoms with Gasteiger partial charge in [-0.05, 0) is 19.1 Å². The molecule has 0 aliphatic rings. The van der Waals surface area contributed by atoms with E-state index in [1.807, 2.05) is 44.1 Å². The molecule has 108 valence electrons. The molecule has 2 rings (SSSR count). The Hall–Kier alpha value is -1.88. The summed E-state index contributed by atoms with van der Waals surface area (Å²) in [6, 6.07) is 5.70. The fourth-order valence-electron chi connectivity index (χ4n) is 1.91. The van der Waals surface area contributed by atoms with Gasteiger partial charge in [0, 0.05) is 38.5 Å². The molecule has 0 radical (unpaired) electrons. The lowest BCUT2D eigenvalue weighted by Gasteiger charge is -2.15. The highest BCUT2D eigenvalue weighted by molar-refractivity contribution is 6.30. The average Bonchev–Trinajstić information content (AvgIpc) is 2.63. The van der Waals surface area contributed by atoms with E-state index in [2.05, 4.69) is 5.10 Å². The van der Waals surface area contributed by atoms with Crippen molar-refractivity contribution in [3.63, 3.8) is 0 Å². The first-order chi connectivity index (χ1) is 9.40. The van der Waals surface area contributed by atoms with E-state index in [1.165, 1.54) is 0 Å². The molecule has 0 unspecified atom stereocenters. The molecule has 0 spiro atoms. The van der Waals surface area contributed by atoms with Crippen molar-refractivity contribution >= 4 is 23.0 Å². The third-order valence-electron chi connectivity index (χ3n) is 3.16. The zero-order valence-corrected chi connectivity index (χ0v) is 12.9. The van der Waals surface area contributed by atoms with Crippen LogP contribution in [0.5, 0.6) is 5.75 Å². The Balaban J connectivity index is 2.20. The van der Waals surface area contributed by atoms with Crippen LogP contribution in [0.1, 0.15) is 11.3 Å². The molecular formula is C14H19ClN4O. The van der Waals surface area contributed by atoms with Crippen LogP contribution in [-0.4, -0.2) is 23.9 Å². The Morgan fingerprint density at radius 2 is 2.10 bits per heavy atom. The van der Waals surface area contributed by atoms with Crippen LogP contribution in [0.25, 0.3) is 0 Å². The highest BCUT2D eigenvalue weighted by atomic mass is 35.5. The number of benzene rings is 1. The van der Waals surface area contributed by atoms with Gasteiger partial charge in [-0.3, -0.25) is 4.68 Å². The standard InChI is InChI=1S/C14H19ClN4O/c1-9-11(14(15)19(4)17-9)8-20-13-7-10(18(2)3)5-6-12(13)16/h5-7H,8,16H2,1-4H3. The van der Waals surface area contributed by atoms with E-state index in [9.17, 15) is 0 Å². The molecule has 0 saturated heterocycles. The van der Waals surface area contributed by atoms with Gasteiger partial charge in [-0.25, -0.2) is 0 Å². The van der Waals surface area contributed by atoms with E-state index in [0.29, 0.717) is 23.2 Å². The Kier molecular flexibility index (Phi) is 4.09. The third kappa shape index (κ3) is 2.82. The second-order valence-electron chi connectivity index (χ2n) is 4.88. The predicted molar refractivity (Wildman–Crippen MR) is 82.5 cm³/mol. The zero-order valence-electron chi connectivity index (χ0n) is 12.1. The van der Waals surface area contributed by atoms with E-state index in [-0.39, 0.29) is 0 Å². The molecule has 1 aromatic heterocycles. The summed E-state index contributed by atoms with van der Waals surface area (Å²) >= 11 is 6.18. The molecule has 1 heterocycles. The Labute approximate surface area is 123 Å². The second-order valence-corrected chi connectivity index (χ2v) is 5.24. The minimum atomic E-state index is 0.347. The molecular weight excluding hydrogens is 276 g/mol. The summed E-state index contributed by atoms with van der Waals surface area (Å²) < 4.78 is 7.43. The van der Waals surface area contributed by atoms with Gasteiger partial charge in [-0.1, -0.05) is 11.6 Å². The van der Waals surface area contributed by atoms with Gasteiger partial charge in [0.25, 0.3) is 0 Å². The summed E-state index contributed by atoms with van der Waals surface area (Å²) in [5, 5.41) is 4.84. The van der Waals surface area contributed by atoms with E-state index in [4.69, 9.17) is 22.1 Å². The minimum absolute atomic E-state index is 0.347. The molecule has 6 heteroatoms. The van der Waals surface area contributed by atoms with Crippen molar-refractivity contribution in [3.8, 4) is 5.75 Å². The van der Waals surface area contributed by atoms with E-state index in [0.717, 1.165) is 16.9 Å². The number of anilines is 2. The van der Waals surface area contributed by atoms with Gasteiger partial charge in [-0.15, -0.1) is 0 Å². The Bertz CT molecular complexity index is 622. The normalized spacial score (nSPS) is 10.7. The molecule has 0 bridgehead atoms. The van der Waals surface area contributed by atoms with Gasteiger partial charge in [0.15, 0.2) is 0 Å². The molecule has 20 heavy (non-hydrogen) atoms. The number of halogens is 1. The van der Waals surface area contributed by atoms with Crippen LogP contribution in [0.4, 0.5) is 11.4 Å². The van der Waals surface area contributed by atoms with Gasteiger partial charge in [0.1, 0.15) is 17.5 Å². The van der Waals surface area contributed by atoms with Crippen LogP contribution in [0.15, 0.2) is 18.2 Å². The molecule has 0 atom stereocenters. The van der Waals surface area contributed by atoms with Crippen molar-refractivity contribution in [2.45, 2.75) is 13.5 Å². The first-order valence-corrected chi connectivity index (χ1v) is 6.65. The molecule has 5 nitrogen and oxygen atoms in total. The number of aryl methyl sites for hydroxylation is 2. The third-order valence-corrected chi connectivity index (χ3v) is 3.63. The number of nitrogens with zero attached hydrogens (tertiary/aromatic N) is 3. The predicted octanol–water partition coefficient (Wildman–Crippen LogP) is 2.61. The smallest absolute Gasteiger partial charge is 0.144 e. The maximum absolute atomic E-state index is 6.18. The molecule has 0 saturated carbocycles. The summed E-state index contributed by atoms with van der Waals surface area (Å²) in [4.78, 5) is 1.99. The van der Waals surface area contributed by atoms with Crippen LogP contribution in [0.3, 0.4) is 0 Å². The molecule has 0 aliphatic heterocycles. The number of nitrogen functional groups attached to an aromatic ring is 1. The van der Waals surface area contributed by atoms with Crippen LogP contribution < -0.4 is 15.4 Å². The van der Waals surface area contributed by atoms with Gasteiger partial charge in [0.2, 0.25) is 0 Å². The summed E-state index contributed by atoms with van der Waals surface area (Å²) in [5.74, 6) is 0.649. The molecule has 0 amide bonds. The Morgan fingerprint density at radius 1 is 1.40 bits per heavy atom. The van der Waals surface area contributed by atoms with E-state index in [1.54, 1.807) is 11.7 Å². The second kappa shape index (κ2) is 5.63.